The predicted molar refractivity (Wildman–Crippen MR) is 116 cm³/mol. The lowest BCUT2D eigenvalue weighted by atomic mass is 9.96. The number of carbonyl (C=O) groups excluding carboxylic acids is 1. The van der Waals surface area contributed by atoms with Gasteiger partial charge in [0.25, 0.3) is 0 Å². The van der Waals surface area contributed by atoms with Crippen LogP contribution in [0.15, 0.2) is 60.7 Å². The molecule has 1 heterocycles. The molecular weight excluding hydrogens is 381 g/mol. The summed E-state index contributed by atoms with van der Waals surface area (Å²) in [6, 6.07) is 21.4. The molecule has 27 heavy (non-hydrogen) atoms. The molecule has 0 aliphatic carbocycles. The van der Waals surface area contributed by atoms with Crippen LogP contribution in [-0.2, 0) is 4.79 Å². The van der Waals surface area contributed by atoms with Crippen LogP contribution in [0.3, 0.4) is 0 Å². The van der Waals surface area contributed by atoms with Gasteiger partial charge >= 0.3 is 0 Å². The van der Waals surface area contributed by atoms with Crippen LogP contribution in [-0.4, -0.2) is 47.9 Å². The van der Waals surface area contributed by atoms with Gasteiger partial charge in [0.2, 0.25) is 5.91 Å². The lowest BCUT2D eigenvalue weighted by Gasteiger charge is -2.40. The second-order valence-corrected chi connectivity index (χ2v) is 6.82. The molecule has 1 amide bonds. The first-order valence-corrected chi connectivity index (χ1v) is 9.02. The number of nitrogens with two attached hydrogens (primary N) is 1. The zero-order valence-electron chi connectivity index (χ0n) is 15.7. The Morgan fingerprint density at radius 1 is 0.889 bits per heavy atom. The molecule has 0 radical (unpaired) electrons. The molecule has 2 N–H and O–H groups in total. The van der Waals surface area contributed by atoms with E-state index < -0.39 is 0 Å². The van der Waals surface area contributed by atoms with Crippen molar-refractivity contribution in [3.05, 3.63) is 71.8 Å². The molecule has 1 saturated heterocycles. The van der Waals surface area contributed by atoms with E-state index in [2.05, 4.69) is 65.6 Å². The van der Waals surface area contributed by atoms with Crippen molar-refractivity contribution in [1.82, 2.24) is 9.80 Å². The SMILES string of the molecule is CC(N)CC(=O)N1CCN(C(c2ccccc2)c2ccccc2)CC1.Cl.Cl. The van der Waals surface area contributed by atoms with E-state index in [1.165, 1.54) is 11.1 Å². The van der Waals surface area contributed by atoms with Gasteiger partial charge < -0.3 is 10.6 Å². The molecule has 0 spiro atoms. The summed E-state index contributed by atoms with van der Waals surface area (Å²) in [6.45, 7) is 5.16. The van der Waals surface area contributed by atoms with Crippen LogP contribution in [0.25, 0.3) is 0 Å². The molecular formula is C21H29Cl2N3O. The predicted octanol–water partition coefficient (Wildman–Crippen LogP) is 3.50. The van der Waals surface area contributed by atoms with Gasteiger partial charge in [-0.25, -0.2) is 0 Å². The lowest BCUT2D eigenvalue weighted by Crippen LogP contribution is -2.50. The van der Waals surface area contributed by atoms with Crippen LogP contribution in [0.2, 0.25) is 0 Å². The van der Waals surface area contributed by atoms with Crippen LogP contribution in [0.5, 0.6) is 0 Å². The summed E-state index contributed by atoms with van der Waals surface area (Å²) in [7, 11) is 0. The number of benzene rings is 2. The van der Waals surface area contributed by atoms with Gasteiger partial charge in [0.15, 0.2) is 0 Å². The van der Waals surface area contributed by atoms with Crippen LogP contribution in [0.1, 0.15) is 30.5 Å². The smallest absolute Gasteiger partial charge is 0.224 e. The minimum Gasteiger partial charge on any atom is -0.340 e. The number of halogens is 2. The van der Waals surface area contributed by atoms with E-state index in [1.54, 1.807) is 0 Å². The third kappa shape index (κ3) is 6.22. The molecule has 6 heteroatoms. The van der Waals surface area contributed by atoms with E-state index in [-0.39, 0.29) is 42.8 Å². The Hall–Kier alpha value is -1.59. The Morgan fingerprint density at radius 2 is 1.33 bits per heavy atom. The topological polar surface area (TPSA) is 49.6 Å². The summed E-state index contributed by atoms with van der Waals surface area (Å²) in [4.78, 5) is 16.7. The summed E-state index contributed by atoms with van der Waals surface area (Å²) in [5.41, 5.74) is 8.36. The standard InChI is InChI=1S/C21H27N3O.2ClH/c1-17(22)16-20(25)23-12-14-24(15-13-23)21(18-8-4-2-5-9-18)19-10-6-3-7-11-19;;/h2-11,17,21H,12-16,22H2,1H3;2*1H. The maximum Gasteiger partial charge on any atom is 0.224 e. The number of piperazine rings is 1. The molecule has 0 aromatic heterocycles. The van der Waals surface area contributed by atoms with E-state index in [0.717, 1.165) is 26.2 Å². The Morgan fingerprint density at radius 3 is 1.74 bits per heavy atom. The first-order valence-electron chi connectivity index (χ1n) is 9.02. The van der Waals surface area contributed by atoms with E-state index in [9.17, 15) is 4.79 Å². The molecule has 3 rings (SSSR count). The summed E-state index contributed by atoms with van der Waals surface area (Å²) in [5, 5.41) is 0. The van der Waals surface area contributed by atoms with Gasteiger partial charge in [-0.1, -0.05) is 60.7 Å². The summed E-state index contributed by atoms with van der Waals surface area (Å²) in [5.74, 6) is 0.172. The van der Waals surface area contributed by atoms with Gasteiger partial charge in [-0.3, -0.25) is 9.69 Å². The second kappa shape index (κ2) is 11.3. The van der Waals surface area contributed by atoms with Crippen molar-refractivity contribution in [1.29, 1.82) is 0 Å². The fourth-order valence-electron chi connectivity index (χ4n) is 3.52. The average Bonchev–Trinajstić information content (AvgIpc) is 2.64. The third-order valence-electron chi connectivity index (χ3n) is 4.76. The lowest BCUT2D eigenvalue weighted by molar-refractivity contribution is -0.133. The number of carbonyl (C=O) groups is 1. The molecule has 0 bridgehead atoms. The quantitative estimate of drug-likeness (QED) is 0.821. The highest BCUT2D eigenvalue weighted by Crippen LogP contribution is 2.29. The van der Waals surface area contributed by atoms with Crippen molar-refractivity contribution in [3.8, 4) is 0 Å². The first-order chi connectivity index (χ1) is 12.1. The van der Waals surface area contributed by atoms with Gasteiger partial charge in [-0.05, 0) is 18.1 Å². The van der Waals surface area contributed by atoms with E-state index in [1.807, 2.05) is 11.8 Å². The summed E-state index contributed by atoms with van der Waals surface area (Å²) >= 11 is 0. The molecule has 0 saturated carbocycles. The Balaban J connectivity index is 0.00000182. The number of hydrogen-bond donors (Lipinski definition) is 1. The molecule has 2 aromatic carbocycles. The molecule has 1 unspecified atom stereocenters. The monoisotopic (exact) mass is 409 g/mol. The molecule has 1 aliphatic heterocycles. The zero-order chi connectivity index (χ0) is 17.6. The van der Waals surface area contributed by atoms with Crippen LogP contribution in [0, 0.1) is 0 Å². The van der Waals surface area contributed by atoms with Gasteiger partial charge in [0.1, 0.15) is 0 Å². The summed E-state index contributed by atoms with van der Waals surface area (Å²) in [6.07, 6.45) is 0.431. The van der Waals surface area contributed by atoms with Gasteiger partial charge in [-0.15, -0.1) is 24.8 Å². The molecule has 148 valence electrons. The number of hydrogen-bond acceptors (Lipinski definition) is 3. The van der Waals surface area contributed by atoms with E-state index in [0.29, 0.717) is 6.42 Å². The molecule has 1 atom stereocenters. The highest BCUT2D eigenvalue weighted by molar-refractivity contribution is 5.85. The number of nitrogens with zero attached hydrogens (tertiary/aromatic N) is 2. The van der Waals surface area contributed by atoms with E-state index >= 15 is 0 Å². The fraction of sp³-hybridized carbons (Fsp3) is 0.381. The Labute approximate surface area is 174 Å². The highest BCUT2D eigenvalue weighted by atomic mass is 35.5. The van der Waals surface area contributed by atoms with Gasteiger partial charge in [-0.2, -0.15) is 0 Å². The maximum atomic E-state index is 12.3. The van der Waals surface area contributed by atoms with E-state index in [4.69, 9.17) is 5.73 Å². The largest absolute Gasteiger partial charge is 0.340 e. The minimum absolute atomic E-state index is 0. The average molecular weight is 410 g/mol. The normalized spacial score (nSPS) is 15.6. The van der Waals surface area contributed by atoms with Crippen molar-refractivity contribution < 1.29 is 4.79 Å². The first kappa shape index (κ1) is 23.4. The van der Waals surface area contributed by atoms with Crippen LogP contribution < -0.4 is 5.73 Å². The fourth-order valence-corrected chi connectivity index (χ4v) is 3.52. The Bertz CT molecular complexity index is 635. The third-order valence-corrected chi connectivity index (χ3v) is 4.76. The molecule has 1 fully saturated rings. The van der Waals surface area contributed by atoms with Crippen molar-refractivity contribution in [3.63, 3.8) is 0 Å². The van der Waals surface area contributed by atoms with Crippen molar-refractivity contribution in [2.45, 2.75) is 25.4 Å². The van der Waals surface area contributed by atoms with Gasteiger partial charge in [0, 0.05) is 38.6 Å². The zero-order valence-corrected chi connectivity index (χ0v) is 17.3. The molecule has 2 aromatic rings. The minimum atomic E-state index is -0.0769. The molecule has 1 aliphatic rings. The van der Waals surface area contributed by atoms with Crippen molar-refractivity contribution in [2.75, 3.05) is 26.2 Å². The van der Waals surface area contributed by atoms with Crippen molar-refractivity contribution in [2.24, 2.45) is 5.73 Å². The number of rotatable bonds is 5. The Kier molecular flexibility index (Phi) is 9.81. The van der Waals surface area contributed by atoms with Crippen LogP contribution in [0.4, 0.5) is 0 Å². The van der Waals surface area contributed by atoms with Crippen molar-refractivity contribution >= 4 is 30.7 Å². The summed E-state index contributed by atoms with van der Waals surface area (Å²) < 4.78 is 0. The highest BCUT2D eigenvalue weighted by Gasteiger charge is 2.28. The van der Waals surface area contributed by atoms with Gasteiger partial charge in [0.05, 0.1) is 6.04 Å². The van der Waals surface area contributed by atoms with Crippen LogP contribution >= 0.6 is 24.8 Å². The number of amides is 1. The molecule has 4 nitrogen and oxygen atoms in total. The second-order valence-electron chi connectivity index (χ2n) is 6.82. The maximum absolute atomic E-state index is 12.3.